The first-order valence-corrected chi connectivity index (χ1v) is 8.32. The first-order chi connectivity index (χ1) is 11.4. The molecule has 2 aromatic rings. The van der Waals surface area contributed by atoms with Crippen molar-refractivity contribution in [2.75, 3.05) is 5.73 Å². The zero-order valence-electron chi connectivity index (χ0n) is 15.2. The second-order valence-electron chi connectivity index (χ2n) is 5.99. The maximum Gasteiger partial charge on any atom is 0.179 e. The third-order valence-corrected chi connectivity index (χ3v) is 4.20. The van der Waals surface area contributed by atoms with Crippen molar-refractivity contribution in [2.24, 2.45) is 7.05 Å². The van der Waals surface area contributed by atoms with Gasteiger partial charge in [0, 0.05) is 42.0 Å². The van der Waals surface area contributed by atoms with Crippen LogP contribution in [0.5, 0.6) is 0 Å². The van der Waals surface area contributed by atoms with Crippen LogP contribution in [0.2, 0.25) is 0 Å². The first-order valence-electron chi connectivity index (χ1n) is 8.32. The number of Topliss-reactive ketones (excluding diaryl/α,β-unsaturated/α-hetero) is 1. The molecule has 2 N–H and O–H groups in total. The first kappa shape index (κ1) is 17.8. The number of rotatable bonds is 5. The average Bonchev–Trinajstić information content (AvgIpc) is 2.87. The summed E-state index contributed by atoms with van der Waals surface area (Å²) in [6.45, 7) is 7.90. The lowest BCUT2D eigenvalue weighted by molar-refractivity contribution is 0.0980. The molecule has 0 spiro atoms. The third kappa shape index (κ3) is 3.21. The van der Waals surface area contributed by atoms with Crippen molar-refractivity contribution in [1.82, 2.24) is 4.57 Å². The highest BCUT2D eigenvalue weighted by molar-refractivity contribution is 6.01. The molecule has 1 heterocycles. The van der Waals surface area contributed by atoms with E-state index in [9.17, 15) is 4.79 Å². The predicted molar refractivity (Wildman–Crippen MR) is 104 cm³/mol. The Balaban J connectivity index is 2.71. The normalized spacial score (nSPS) is 11.7. The van der Waals surface area contributed by atoms with Crippen LogP contribution in [0.15, 0.2) is 30.5 Å². The molecule has 0 bridgehead atoms. The number of aryl methyl sites for hydroxylation is 2. The molecule has 0 radical (unpaired) electrons. The van der Waals surface area contributed by atoms with E-state index >= 15 is 0 Å². The summed E-state index contributed by atoms with van der Waals surface area (Å²) in [4.78, 5) is 12.4. The van der Waals surface area contributed by atoms with Crippen LogP contribution >= 0.6 is 0 Å². The van der Waals surface area contributed by atoms with E-state index in [1.165, 1.54) is 0 Å². The zero-order valence-corrected chi connectivity index (χ0v) is 15.2. The van der Waals surface area contributed by atoms with E-state index in [0.717, 1.165) is 39.2 Å². The van der Waals surface area contributed by atoms with E-state index < -0.39 is 0 Å². The number of hydrogen-bond acceptors (Lipinski definition) is 2. The van der Waals surface area contributed by atoms with Gasteiger partial charge in [0.1, 0.15) is 0 Å². The number of ketones is 1. The molecule has 1 aromatic heterocycles. The lowest BCUT2D eigenvalue weighted by Gasteiger charge is -2.10. The molecular weight excluding hydrogens is 296 g/mol. The Morgan fingerprint density at radius 3 is 2.33 bits per heavy atom. The van der Waals surface area contributed by atoms with Gasteiger partial charge in [-0.25, -0.2) is 0 Å². The number of allylic oxidation sites excluding steroid dienone is 2. The molecular formula is C21H26N2O. The van der Waals surface area contributed by atoms with Crippen molar-refractivity contribution in [3.63, 3.8) is 0 Å². The van der Waals surface area contributed by atoms with Crippen LogP contribution in [-0.4, -0.2) is 10.4 Å². The summed E-state index contributed by atoms with van der Waals surface area (Å²) in [5.74, 6) is 0.145. The van der Waals surface area contributed by atoms with Crippen molar-refractivity contribution >= 4 is 23.6 Å². The minimum Gasteiger partial charge on any atom is -0.398 e. The molecule has 0 saturated heterocycles. The summed E-state index contributed by atoms with van der Waals surface area (Å²) in [7, 11) is 1.92. The number of carbonyl (C=O) groups is 1. The Labute approximate surface area is 144 Å². The fourth-order valence-corrected chi connectivity index (χ4v) is 3.10. The Kier molecular flexibility index (Phi) is 5.45. The number of nitrogen functional groups attached to an aromatic ring is 1. The van der Waals surface area contributed by atoms with Gasteiger partial charge in [0.25, 0.3) is 0 Å². The van der Waals surface area contributed by atoms with Gasteiger partial charge in [0.15, 0.2) is 5.78 Å². The Morgan fingerprint density at radius 1 is 1.17 bits per heavy atom. The SMILES string of the molecule is C/C=C\c1c(C)cc(-c2cn(C)c(C(=O)CC)c2/C=C\C)cc1N. The van der Waals surface area contributed by atoms with Crippen molar-refractivity contribution in [2.45, 2.75) is 34.1 Å². The van der Waals surface area contributed by atoms with Crippen LogP contribution in [0.4, 0.5) is 5.69 Å². The fraction of sp³-hybridized carbons (Fsp3) is 0.286. The van der Waals surface area contributed by atoms with E-state index in [4.69, 9.17) is 5.73 Å². The maximum atomic E-state index is 12.4. The van der Waals surface area contributed by atoms with Crippen molar-refractivity contribution in [3.8, 4) is 11.1 Å². The number of aromatic nitrogens is 1. The average molecular weight is 322 g/mol. The number of benzene rings is 1. The van der Waals surface area contributed by atoms with Crippen LogP contribution < -0.4 is 5.73 Å². The number of nitrogens with zero attached hydrogens (tertiary/aromatic N) is 1. The summed E-state index contributed by atoms with van der Waals surface area (Å²) in [6, 6.07) is 4.12. The summed E-state index contributed by atoms with van der Waals surface area (Å²) in [5, 5.41) is 0. The third-order valence-electron chi connectivity index (χ3n) is 4.20. The van der Waals surface area contributed by atoms with E-state index in [0.29, 0.717) is 6.42 Å². The lowest BCUT2D eigenvalue weighted by Crippen LogP contribution is -2.05. The smallest absolute Gasteiger partial charge is 0.179 e. The lowest BCUT2D eigenvalue weighted by atomic mass is 9.95. The standard InChI is InChI=1S/C21H26N2O/c1-6-9-16-14(4)11-15(12-19(16)22)18-13-23(5)21(20(24)8-3)17(18)10-7-2/h6-7,9-13H,8,22H2,1-5H3/b9-6-,10-7-. The van der Waals surface area contributed by atoms with Gasteiger partial charge in [-0.05, 0) is 38.0 Å². The van der Waals surface area contributed by atoms with E-state index in [-0.39, 0.29) is 5.78 Å². The molecule has 0 aliphatic heterocycles. The topological polar surface area (TPSA) is 48.0 Å². The van der Waals surface area contributed by atoms with Gasteiger partial charge in [-0.1, -0.05) is 37.3 Å². The molecule has 1 aromatic carbocycles. The Bertz CT molecular complexity index is 800. The minimum absolute atomic E-state index is 0.145. The van der Waals surface area contributed by atoms with Gasteiger partial charge in [-0.15, -0.1) is 0 Å². The fourth-order valence-electron chi connectivity index (χ4n) is 3.10. The van der Waals surface area contributed by atoms with Crippen molar-refractivity contribution in [3.05, 3.63) is 52.9 Å². The molecule has 0 atom stereocenters. The largest absolute Gasteiger partial charge is 0.398 e. The molecule has 3 heteroatoms. The van der Waals surface area contributed by atoms with Gasteiger partial charge in [-0.2, -0.15) is 0 Å². The predicted octanol–water partition coefficient (Wildman–Crippen LogP) is 5.24. The number of carbonyl (C=O) groups excluding carboxylic acids is 1. The van der Waals surface area contributed by atoms with Gasteiger partial charge < -0.3 is 10.3 Å². The van der Waals surface area contributed by atoms with E-state index in [1.54, 1.807) is 0 Å². The van der Waals surface area contributed by atoms with Gasteiger partial charge in [0.2, 0.25) is 0 Å². The van der Waals surface area contributed by atoms with E-state index in [2.05, 4.69) is 13.0 Å². The van der Waals surface area contributed by atoms with Crippen LogP contribution in [0.3, 0.4) is 0 Å². The molecule has 0 fully saturated rings. The monoisotopic (exact) mass is 322 g/mol. The Hall–Kier alpha value is -2.55. The summed E-state index contributed by atoms with van der Waals surface area (Å²) < 4.78 is 1.92. The van der Waals surface area contributed by atoms with Gasteiger partial charge in [-0.3, -0.25) is 4.79 Å². The molecule has 0 aliphatic rings. The summed E-state index contributed by atoms with van der Waals surface area (Å²) >= 11 is 0. The highest BCUT2D eigenvalue weighted by Crippen LogP contribution is 2.33. The van der Waals surface area contributed by atoms with Crippen molar-refractivity contribution < 1.29 is 4.79 Å². The van der Waals surface area contributed by atoms with Crippen LogP contribution in [0, 0.1) is 6.92 Å². The molecule has 3 nitrogen and oxygen atoms in total. The second-order valence-corrected chi connectivity index (χ2v) is 5.99. The summed E-state index contributed by atoms with van der Waals surface area (Å²) in [6.07, 6.45) is 10.5. The zero-order chi connectivity index (χ0) is 17.9. The molecule has 2 rings (SSSR count). The molecule has 24 heavy (non-hydrogen) atoms. The highest BCUT2D eigenvalue weighted by Gasteiger charge is 2.19. The number of hydrogen-bond donors (Lipinski definition) is 1. The molecule has 0 amide bonds. The maximum absolute atomic E-state index is 12.4. The second kappa shape index (κ2) is 7.35. The Morgan fingerprint density at radius 2 is 1.79 bits per heavy atom. The summed E-state index contributed by atoms with van der Waals surface area (Å²) in [5.41, 5.74) is 13.0. The molecule has 0 saturated carbocycles. The minimum atomic E-state index is 0.145. The number of anilines is 1. The molecule has 0 aliphatic carbocycles. The van der Waals surface area contributed by atoms with E-state index in [1.807, 2.05) is 69.0 Å². The van der Waals surface area contributed by atoms with Crippen LogP contribution in [-0.2, 0) is 7.05 Å². The number of nitrogens with two attached hydrogens (primary N) is 1. The van der Waals surface area contributed by atoms with Crippen LogP contribution in [0.25, 0.3) is 23.3 Å². The van der Waals surface area contributed by atoms with Crippen molar-refractivity contribution in [1.29, 1.82) is 0 Å². The van der Waals surface area contributed by atoms with Crippen LogP contribution in [0.1, 0.15) is 54.4 Å². The van der Waals surface area contributed by atoms with Gasteiger partial charge >= 0.3 is 0 Å². The quantitative estimate of drug-likeness (QED) is 0.604. The molecule has 0 unspecified atom stereocenters. The molecule has 126 valence electrons. The van der Waals surface area contributed by atoms with Gasteiger partial charge in [0.05, 0.1) is 5.69 Å². The highest BCUT2D eigenvalue weighted by atomic mass is 16.1.